The van der Waals surface area contributed by atoms with Crippen molar-refractivity contribution in [3.63, 3.8) is 0 Å². The van der Waals surface area contributed by atoms with Gasteiger partial charge in [-0.25, -0.2) is 4.98 Å². The Hall–Kier alpha value is -2.15. The van der Waals surface area contributed by atoms with Gasteiger partial charge in [-0.2, -0.15) is 0 Å². The van der Waals surface area contributed by atoms with Crippen LogP contribution in [0.25, 0.3) is 0 Å². The third kappa shape index (κ3) is 3.19. The Kier molecular flexibility index (Phi) is 3.96. The quantitative estimate of drug-likeness (QED) is 0.647. The lowest BCUT2D eigenvalue weighted by Crippen LogP contribution is -2.10. The minimum absolute atomic E-state index is 0.0592. The zero-order valence-electron chi connectivity index (χ0n) is 10.4. The van der Waals surface area contributed by atoms with E-state index in [1.165, 1.54) is 12.1 Å². The van der Waals surface area contributed by atoms with Gasteiger partial charge in [-0.3, -0.25) is 10.1 Å². The van der Waals surface area contributed by atoms with Crippen molar-refractivity contribution >= 4 is 28.7 Å². The highest BCUT2D eigenvalue weighted by molar-refractivity contribution is 7.10. The summed E-state index contributed by atoms with van der Waals surface area (Å²) in [5.74, 6) is 0.560. The first-order valence-electron chi connectivity index (χ1n) is 5.82. The zero-order chi connectivity index (χ0) is 13.8. The van der Waals surface area contributed by atoms with Gasteiger partial charge in [0.1, 0.15) is 11.6 Å². The van der Waals surface area contributed by atoms with Crippen molar-refractivity contribution in [2.24, 2.45) is 0 Å². The molecule has 2 aromatic heterocycles. The molecule has 0 amide bonds. The Balaban J connectivity index is 2.24. The van der Waals surface area contributed by atoms with Gasteiger partial charge >= 0.3 is 0 Å². The largest absolute Gasteiger partial charge is 0.383 e. The predicted molar refractivity (Wildman–Crippen MR) is 76.3 cm³/mol. The van der Waals surface area contributed by atoms with Gasteiger partial charge in [-0.1, -0.05) is 13.0 Å². The van der Waals surface area contributed by atoms with Crippen LogP contribution in [0.5, 0.6) is 0 Å². The van der Waals surface area contributed by atoms with Crippen LogP contribution < -0.4 is 11.1 Å². The molecule has 3 N–H and O–H groups in total. The van der Waals surface area contributed by atoms with Crippen molar-refractivity contribution in [3.8, 4) is 0 Å². The van der Waals surface area contributed by atoms with Gasteiger partial charge in [-0.15, -0.1) is 11.3 Å². The SMILES string of the molecule is CCC(Nc1cc([N+](=O)[O-])cc(N)n1)c1cccs1. The topological polar surface area (TPSA) is 94.1 Å². The first kappa shape index (κ1) is 13.3. The normalized spacial score (nSPS) is 12.1. The number of anilines is 2. The summed E-state index contributed by atoms with van der Waals surface area (Å²) in [7, 11) is 0. The molecule has 2 rings (SSSR count). The minimum atomic E-state index is -0.477. The van der Waals surface area contributed by atoms with Crippen molar-refractivity contribution in [2.75, 3.05) is 11.1 Å². The molecule has 1 unspecified atom stereocenters. The predicted octanol–water partition coefficient (Wildman–Crippen LogP) is 3.20. The second-order valence-electron chi connectivity index (χ2n) is 4.01. The number of aromatic nitrogens is 1. The van der Waals surface area contributed by atoms with Crippen molar-refractivity contribution in [1.29, 1.82) is 0 Å². The summed E-state index contributed by atoms with van der Waals surface area (Å²) in [4.78, 5) is 15.6. The average molecular weight is 278 g/mol. The van der Waals surface area contributed by atoms with Crippen LogP contribution in [0.4, 0.5) is 17.3 Å². The molecule has 0 fully saturated rings. The molecule has 0 aliphatic rings. The lowest BCUT2D eigenvalue weighted by Gasteiger charge is -2.16. The highest BCUT2D eigenvalue weighted by Gasteiger charge is 2.14. The summed E-state index contributed by atoms with van der Waals surface area (Å²) in [6, 6.07) is 6.71. The molecule has 0 saturated carbocycles. The summed E-state index contributed by atoms with van der Waals surface area (Å²) in [6.07, 6.45) is 0.852. The van der Waals surface area contributed by atoms with Gasteiger partial charge in [0, 0.05) is 4.88 Å². The smallest absolute Gasteiger partial charge is 0.276 e. The van der Waals surface area contributed by atoms with E-state index in [0.29, 0.717) is 5.82 Å². The van der Waals surface area contributed by atoms with E-state index in [9.17, 15) is 10.1 Å². The Morgan fingerprint density at radius 2 is 2.37 bits per heavy atom. The Morgan fingerprint density at radius 1 is 1.58 bits per heavy atom. The summed E-state index contributed by atoms with van der Waals surface area (Å²) in [5.41, 5.74) is 5.52. The first-order valence-corrected chi connectivity index (χ1v) is 6.70. The molecule has 0 saturated heterocycles. The van der Waals surface area contributed by atoms with Gasteiger partial charge in [0.25, 0.3) is 5.69 Å². The number of nitrogen functional groups attached to an aromatic ring is 1. The van der Waals surface area contributed by atoms with Crippen LogP contribution in [0.15, 0.2) is 29.6 Å². The molecular formula is C12H14N4O2S. The van der Waals surface area contributed by atoms with E-state index in [4.69, 9.17) is 5.73 Å². The number of nitrogens with two attached hydrogens (primary N) is 1. The molecule has 19 heavy (non-hydrogen) atoms. The Labute approximate surface area is 114 Å². The summed E-state index contributed by atoms with van der Waals surface area (Å²) in [5, 5.41) is 16.0. The minimum Gasteiger partial charge on any atom is -0.383 e. The van der Waals surface area contributed by atoms with Gasteiger partial charge in [-0.05, 0) is 17.9 Å². The molecular weight excluding hydrogens is 264 g/mol. The number of pyridine rings is 1. The number of hydrogen-bond acceptors (Lipinski definition) is 6. The second kappa shape index (κ2) is 5.66. The molecule has 0 radical (unpaired) electrons. The monoisotopic (exact) mass is 278 g/mol. The molecule has 1 atom stereocenters. The number of nitrogens with zero attached hydrogens (tertiary/aromatic N) is 2. The summed E-state index contributed by atoms with van der Waals surface area (Å²) < 4.78 is 0. The third-order valence-corrected chi connectivity index (χ3v) is 3.64. The number of thiophene rings is 1. The summed E-state index contributed by atoms with van der Waals surface area (Å²) >= 11 is 1.63. The highest BCUT2D eigenvalue weighted by atomic mass is 32.1. The highest BCUT2D eigenvalue weighted by Crippen LogP contribution is 2.27. The second-order valence-corrected chi connectivity index (χ2v) is 4.99. The lowest BCUT2D eigenvalue weighted by atomic mass is 10.2. The third-order valence-electron chi connectivity index (χ3n) is 2.66. The number of nitrogens with one attached hydrogen (secondary N) is 1. The maximum Gasteiger partial charge on any atom is 0.276 e. The van der Waals surface area contributed by atoms with E-state index in [-0.39, 0.29) is 17.5 Å². The fourth-order valence-electron chi connectivity index (χ4n) is 1.76. The molecule has 6 nitrogen and oxygen atoms in total. The molecule has 0 aliphatic heterocycles. The molecule has 0 bridgehead atoms. The van der Waals surface area contributed by atoms with Crippen molar-refractivity contribution in [2.45, 2.75) is 19.4 Å². The zero-order valence-corrected chi connectivity index (χ0v) is 11.2. The van der Waals surface area contributed by atoms with E-state index in [1.807, 2.05) is 24.4 Å². The van der Waals surface area contributed by atoms with Crippen LogP contribution in [-0.4, -0.2) is 9.91 Å². The molecule has 2 aromatic rings. The van der Waals surface area contributed by atoms with E-state index < -0.39 is 4.92 Å². The molecule has 7 heteroatoms. The maximum atomic E-state index is 10.8. The van der Waals surface area contributed by atoms with Crippen LogP contribution in [0.2, 0.25) is 0 Å². The Bertz CT molecular complexity index is 571. The fourth-order valence-corrected chi connectivity index (χ4v) is 2.62. The van der Waals surface area contributed by atoms with Crippen LogP contribution in [-0.2, 0) is 0 Å². The average Bonchev–Trinajstić information content (AvgIpc) is 2.89. The van der Waals surface area contributed by atoms with Crippen LogP contribution >= 0.6 is 11.3 Å². The van der Waals surface area contributed by atoms with Crippen LogP contribution in [0.1, 0.15) is 24.3 Å². The first-order chi connectivity index (χ1) is 9.10. The van der Waals surface area contributed by atoms with E-state index >= 15 is 0 Å². The maximum absolute atomic E-state index is 10.8. The number of rotatable bonds is 5. The van der Waals surface area contributed by atoms with Gasteiger partial charge in [0.15, 0.2) is 0 Å². The lowest BCUT2D eigenvalue weighted by molar-refractivity contribution is -0.384. The molecule has 2 heterocycles. The van der Waals surface area contributed by atoms with Crippen molar-refractivity contribution in [1.82, 2.24) is 4.98 Å². The molecule has 100 valence electrons. The number of nitro groups is 1. The van der Waals surface area contributed by atoms with Crippen molar-refractivity contribution in [3.05, 3.63) is 44.6 Å². The van der Waals surface area contributed by atoms with E-state index in [1.54, 1.807) is 11.3 Å². The summed E-state index contributed by atoms with van der Waals surface area (Å²) in [6.45, 7) is 2.04. The van der Waals surface area contributed by atoms with E-state index in [2.05, 4.69) is 10.3 Å². The van der Waals surface area contributed by atoms with Gasteiger partial charge in [0.05, 0.1) is 23.1 Å². The molecule has 0 aliphatic carbocycles. The van der Waals surface area contributed by atoms with Gasteiger partial charge < -0.3 is 11.1 Å². The standard InChI is InChI=1S/C12H14N4O2S/c1-2-9(10-4-3-5-19-10)14-12-7-8(16(17)18)6-11(13)15-12/h3-7,9H,2H2,1H3,(H3,13,14,15). The fraction of sp³-hybridized carbons (Fsp3) is 0.250. The molecule has 0 spiro atoms. The van der Waals surface area contributed by atoms with Crippen LogP contribution in [0.3, 0.4) is 0 Å². The molecule has 0 aromatic carbocycles. The van der Waals surface area contributed by atoms with Crippen LogP contribution in [0, 0.1) is 10.1 Å². The van der Waals surface area contributed by atoms with Crippen molar-refractivity contribution < 1.29 is 4.92 Å². The Morgan fingerprint density at radius 3 is 2.95 bits per heavy atom. The number of hydrogen-bond donors (Lipinski definition) is 2. The van der Waals surface area contributed by atoms with E-state index in [0.717, 1.165) is 11.3 Å². The van der Waals surface area contributed by atoms with Gasteiger partial charge in [0.2, 0.25) is 0 Å².